The molecule has 0 radical (unpaired) electrons. The van der Waals surface area contributed by atoms with Crippen molar-refractivity contribution in [2.75, 3.05) is 0 Å². The van der Waals surface area contributed by atoms with E-state index in [1.54, 1.807) is 16.9 Å². The molecule has 0 spiro atoms. The summed E-state index contributed by atoms with van der Waals surface area (Å²) < 4.78 is 4.31. The van der Waals surface area contributed by atoms with Gasteiger partial charge in [-0.15, -0.1) is 5.10 Å². The van der Waals surface area contributed by atoms with Crippen LogP contribution in [-0.4, -0.2) is 35.7 Å². The number of benzene rings is 1. The topological polar surface area (TPSA) is 85.7 Å². The number of hydrogen-bond acceptors (Lipinski definition) is 4. The zero-order valence-electron chi connectivity index (χ0n) is 17.0. The van der Waals surface area contributed by atoms with Gasteiger partial charge in [-0.05, 0) is 31.4 Å². The maximum atomic E-state index is 12.6. The molecular formula is C21H24N6O2. The zero-order chi connectivity index (χ0) is 20.7. The van der Waals surface area contributed by atoms with Gasteiger partial charge in [0.1, 0.15) is 12.1 Å². The first-order chi connectivity index (χ1) is 13.8. The summed E-state index contributed by atoms with van der Waals surface area (Å²) in [6.45, 7) is 7.94. The number of aromatic nitrogens is 5. The van der Waals surface area contributed by atoms with Crippen molar-refractivity contribution in [3.05, 3.63) is 58.8 Å². The first-order valence-corrected chi connectivity index (χ1v) is 9.70. The van der Waals surface area contributed by atoms with Gasteiger partial charge < -0.3 is 5.32 Å². The minimum atomic E-state index is -0.356. The minimum Gasteiger partial charge on any atom is -0.352 e. The van der Waals surface area contributed by atoms with Gasteiger partial charge in [0, 0.05) is 24.0 Å². The Morgan fingerprint density at radius 3 is 2.45 bits per heavy atom. The Labute approximate surface area is 167 Å². The Hall–Kier alpha value is -3.42. The normalized spacial score (nSPS) is 11.8. The Kier molecular flexibility index (Phi) is 4.70. The van der Waals surface area contributed by atoms with Crippen LogP contribution in [0, 0.1) is 0 Å². The molecule has 3 heterocycles. The van der Waals surface area contributed by atoms with Gasteiger partial charge in [0.25, 0.3) is 0 Å². The van der Waals surface area contributed by atoms with Crippen LogP contribution in [0.25, 0.3) is 22.4 Å². The second kappa shape index (κ2) is 7.20. The van der Waals surface area contributed by atoms with Crippen LogP contribution in [0.15, 0.2) is 47.5 Å². The fourth-order valence-electron chi connectivity index (χ4n) is 3.32. The molecule has 3 aromatic heterocycles. The predicted octanol–water partition coefficient (Wildman–Crippen LogP) is 2.46. The summed E-state index contributed by atoms with van der Waals surface area (Å²) in [5.41, 5.74) is 3.88. The second-order valence-electron chi connectivity index (χ2n) is 7.79. The lowest BCUT2D eigenvalue weighted by atomic mass is 10.0. The number of carbonyl (C=O) groups excluding carboxylic acids is 1. The van der Waals surface area contributed by atoms with E-state index in [4.69, 9.17) is 0 Å². The lowest BCUT2D eigenvalue weighted by Gasteiger charge is -2.06. The lowest BCUT2D eigenvalue weighted by Crippen LogP contribution is -2.36. The van der Waals surface area contributed by atoms with E-state index in [-0.39, 0.29) is 24.2 Å². The number of nitrogens with zero attached hydrogens (tertiary/aromatic N) is 5. The molecule has 0 aliphatic carbocycles. The van der Waals surface area contributed by atoms with Crippen molar-refractivity contribution in [2.45, 2.75) is 46.2 Å². The van der Waals surface area contributed by atoms with Gasteiger partial charge >= 0.3 is 5.69 Å². The van der Waals surface area contributed by atoms with Crippen molar-refractivity contribution < 1.29 is 4.79 Å². The largest absolute Gasteiger partial charge is 0.352 e. The predicted molar refractivity (Wildman–Crippen MR) is 111 cm³/mol. The van der Waals surface area contributed by atoms with Gasteiger partial charge in [-0.1, -0.05) is 38.1 Å². The van der Waals surface area contributed by atoms with Gasteiger partial charge in [0.15, 0.2) is 5.65 Å². The molecule has 8 heteroatoms. The first-order valence-electron chi connectivity index (χ1n) is 9.70. The molecule has 0 saturated heterocycles. The van der Waals surface area contributed by atoms with Crippen LogP contribution in [0.3, 0.4) is 0 Å². The molecule has 0 atom stereocenters. The number of fused-ring (bicyclic) bond motifs is 3. The summed E-state index contributed by atoms with van der Waals surface area (Å²) in [4.78, 5) is 24.7. The molecule has 4 aromatic rings. The van der Waals surface area contributed by atoms with Crippen LogP contribution in [-0.2, 0) is 11.3 Å². The van der Waals surface area contributed by atoms with Crippen molar-refractivity contribution in [2.24, 2.45) is 0 Å². The summed E-state index contributed by atoms with van der Waals surface area (Å²) in [6.07, 6.45) is 3.34. The summed E-state index contributed by atoms with van der Waals surface area (Å²) >= 11 is 0. The van der Waals surface area contributed by atoms with E-state index in [0.717, 1.165) is 11.3 Å². The van der Waals surface area contributed by atoms with Gasteiger partial charge in [-0.2, -0.15) is 5.10 Å². The zero-order valence-corrected chi connectivity index (χ0v) is 17.0. The van der Waals surface area contributed by atoms with Gasteiger partial charge in [-0.25, -0.2) is 18.4 Å². The van der Waals surface area contributed by atoms with E-state index < -0.39 is 0 Å². The van der Waals surface area contributed by atoms with Crippen LogP contribution in [0.2, 0.25) is 0 Å². The second-order valence-corrected chi connectivity index (χ2v) is 7.79. The average molecular weight is 392 g/mol. The van der Waals surface area contributed by atoms with Gasteiger partial charge in [0.05, 0.1) is 5.69 Å². The molecule has 1 N–H and O–H groups in total. The molecule has 0 bridgehead atoms. The van der Waals surface area contributed by atoms with Gasteiger partial charge in [0.2, 0.25) is 5.91 Å². The third kappa shape index (κ3) is 3.53. The number of carbonyl (C=O) groups is 1. The molecule has 4 rings (SSSR count). The van der Waals surface area contributed by atoms with Crippen LogP contribution >= 0.6 is 0 Å². The fourth-order valence-corrected chi connectivity index (χ4v) is 3.32. The summed E-state index contributed by atoms with van der Waals surface area (Å²) in [7, 11) is 0. The molecule has 1 aromatic carbocycles. The highest BCUT2D eigenvalue weighted by Crippen LogP contribution is 2.23. The van der Waals surface area contributed by atoms with Crippen molar-refractivity contribution in [1.82, 2.24) is 29.1 Å². The van der Waals surface area contributed by atoms with Crippen molar-refractivity contribution in [3.63, 3.8) is 0 Å². The maximum absolute atomic E-state index is 12.6. The Bertz CT molecular complexity index is 1240. The molecule has 0 fully saturated rings. The average Bonchev–Trinajstić information content (AvgIpc) is 3.23. The third-order valence-corrected chi connectivity index (χ3v) is 4.81. The van der Waals surface area contributed by atoms with Crippen molar-refractivity contribution >= 4 is 17.1 Å². The standard InChI is InChI=1S/C21H24N6O2/c1-13(2)15-5-7-16(8-6-15)17-11-18-20-24-27(12-19(28)22-14(3)4)21(29)25(20)9-10-26(18)23-17/h5-11,13-14H,12H2,1-4H3,(H,22,28). The summed E-state index contributed by atoms with van der Waals surface area (Å²) in [5, 5.41) is 11.8. The van der Waals surface area contributed by atoms with E-state index >= 15 is 0 Å². The summed E-state index contributed by atoms with van der Waals surface area (Å²) in [5.74, 6) is 0.217. The maximum Gasteiger partial charge on any atom is 0.350 e. The molecular weight excluding hydrogens is 368 g/mol. The molecule has 29 heavy (non-hydrogen) atoms. The highest BCUT2D eigenvalue weighted by atomic mass is 16.2. The third-order valence-electron chi connectivity index (χ3n) is 4.81. The quantitative estimate of drug-likeness (QED) is 0.565. The van der Waals surface area contributed by atoms with Crippen LogP contribution in [0.4, 0.5) is 0 Å². The molecule has 0 aliphatic rings. The van der Waals surface area contributed by atoms with E-state index in [9.17, 15) is 9.59 Å². The molecule has 1 amide bonds. The number of rotatable bonds is 5. The van der Waals surface area contributed by atoms with E-state index in [0.29, 0.717) is 17.1 Å². The highest BCUT2D eigenvalue weighted by molar-refractivity contribution is 5.78. The van der Waals surface area contributed by atoms with Gasteiger partial charge in [-0.3, -0.25) is 4.79 Å². The highest BCUT2D eigenvalue weighted by Gasteiger charge is 2.15. The monoisotopic (exact) mass is 392 g/mol. The van der Waals surface area contributed by atoms with E-state index in [1.165, 1.54) is 14.6 Å². The molecule has 150 valence electrons. The van der Waals surface area contributed by atoms with E-state index in [1.807, 2.05) is 19.9 Å². The van der Waals surface area contributed by atoms with Crippen molar-refractivity contribution in [3.8, 4) is 11.3 Å². The Morgan fingerprint density at radius 1 is 1.07 bits per heavy atom. The minimum absolute atomic E-state index is 0.00131. The SMILES string of the molecule is CC(C)NC(=O)Cn1nc2c3cc(-c4ccc(C(C)C)cc4)nn3ccn2c1=O. The number of nitrogens with one attached hydrogen (secondary N) is 1. The van der Waals surface area contributed by atoms with E-state index in [2.05, 4.69) is 53.6 Å². The number of hydrogen-bond donors (Lipinski definition) is 1. The Balaban J connectivity index is 1.75. The Morgan fingerprint density at radius 2 is 1.79 bits per heavy atom. The molecule has 0 aliphatic heterocycles. The molecule has 0 unspecified atom stereocenters. The summed E-state index contributed by atoms with van der Waals surface area (Å²) in [6, 6.07) is 10.2. The molecule has 8 nitrogen and oxygen atoms in total. The fraction of sp³-hybridized carbons (Fsp3) is 0.333. The van der Waals surface area contributed by atoms with Crippen LogP contribution in [0.1, 0.15) is 39.2 Å². The first kappa shape index (κ1) is 18.9. The smallest absolute Gasteiger partial charge is 0.350 e. The lowest BCUT2D eigenvalue weighted by molar-refractivity contribution is -0.122. The van der Waals surface area contributed by atoms with Crippen molar-refractivity contribution in [1.29, 1.82) is 0 Å². The van der Waals surface area contributed by atoms with Crippen LogP contribution in [0.5, 0.6) is 0 Å². The molecule has 0 saturated carbocycles. The number of amides is 1. The van der Waals surface area contributed by atoms with Crippen LogP contribution < -0.4 is 11.0 Å².